The van der Waals surface area contributed by atoms with Crippen LogP contribution in [-0.4, -0.2) is 23.8 Å². The van der Waals surface area contributed by atoms with Crippen LogP contribution in [0.1, 0.15) is 21.5 Å². The molecule has 0 aliphatic carbocycles. The molecule has 2 aromatic rings. The topological polar surface area (TPSA) is 81.6 Å². The first-order valence-corrected chi connectivity index (χ1v) is 8.96. The van der Waals surface area contributed by atoms with Gasteiger partial charge in [0.2, 0.25) is 5.91 Å². The molecule has 0 fully saturated rings. The molecule has 0 saturated heterocycles. The SMILES string of the molecule is O=C(CSCc1ccccc1Br)N/N=C\c1ccccc1C(=O)[O-]. The molecule has 124 valence electrons. The molecule has 0 unspecified atom stereocenters. The van der Waals surface area contributed by atoms with Crippen molar-refractivity contribution in [3.8, 4) is 0 Å². The number of carbonyl (C=O) groups is 2. The molecule has 0 atom stereocenters. The van der Waals surface area contributed by atoms with Crippen molar-refractivity contribution in [1.29, 1.82) is 0 Å². The standard InChI is InChI=1S/C17H15BrN2O3S/c18-15-8-4-2-6-13(15)10-24-11-16(21)20-19-9-12-5-1-3-7-14(12)17(22)23/h1-9H,10-11H2,(H,20,21)(H,22,23)/p-1/b19-9-. The number of rotatable bonds is 7. The van der Waals surface area contributed by atoms with Gasteiger partial charge in [0.1, 0.15) is 0 Å². The van der Waals surface area contributed by atoms with Crippen molar-refractivity contribution >= 4 is 45.8 Å². The minimum Gasteiger partial charge on any atom is -0.545 e. The monoisotopic (exact) mass is 405 g/mol. The summed E-state index contributed by atoms with van der Waals surface area (Å²) in [6.45, 7) is 0. The van der Waals surface area contributed by atoms with Gasteiger partial charge in [-0.05, 0) is 11.6 Å². The summed E-state index contributed by atoms with van der Waals surface area (Å²) >= 11 is 4.92. The van der Waals surface area contributed by atoms with Crippen molar-refractivity contribution in [1.82, 2.24) is 5.43 Å². The van der Waals surface area contributed by atoms with Gasteiger partial charge in [-0.25, -0.2) is 5.43 Å². The lowest BCUT2D eigenvalue weighted by atomic mass is 10.1. The highest BCUT2D eigenvalue weighted by Gasteiger charge is 2.03. The number of halogens is 1. The first-order valence-electron chi connectivity index (χ1n) is 7.01. The third-order valence-corrected chi connectivity index (χ3v) is 4.78. The largest absolute Gasteiger partial charge is 0.545 e. The van der Waals surface area contributed by atoms with E-state index in [0.717, 1.165) is 10.0 Å². The Morgan fingerprint density at radius 1 is 1.17 bits per heavy atom. The zero-order chi connectivity index (χ0) is 17.4. The molecule has 0 aromatic heterocycles. The summed E-state index contributed by atoms with van der Waals surface area (Å²) in [7, 11) is 0. The smallest absolute Gasteiger partial charge is 0.250 e. The molecule has 0 aliphatic heterocycles. The number of hydrogen-bond donors (Lipinski definition) is 1. The molecule has 1 amide bonds. The second kappa shape index (κ2) is 9.24. The Morgan fingerprint density at radius 3 is 2.62 bits per heavy atom. The van der Waals surface area contributed by atoms with Crippen LogP contribution in [0.15, 0.2) is 58.1 Å². The fraction of sp³-hybridized carbons (Fsp3) is 0.118. The summed E-state index contributed by atoms with van der Waals surface area (Å²) in [5.41, 5.74) is 3.90. The van der Waals surface area contributed by atoms with Crippen LogP contribution in [0.4, 0.5) is 0 Å². The van der Waals surface area contributed by atoms with E-state index >= 15 is 0 Å². The normalized spacial score (nSPS) is 10.7. The van der Waals surface area contributed by atoms with Crippen LogP contribution in [0, 0.1) is 0 Å². The number of aromatic carboxylic acids is 1. The lowest BCUT2D eigenvalue weighted by Crippen LogP contribution is -2.24. The molecule has 0 radical (unpaired) electrons. The van der Waals surface area contributed by atoms with Crippen molar-refractivity contribution in [2.24, 2.45) is 5.10 Å². The van der Waals surface area contributed by atoms with Crippen LogP contribution in [0.3, 0.4) is 0 Å². The molecule has 2 aromatic carbocycles. The fourth-order valence-electron chi connectivity index (χ4n) is 1.87. The van der Waals surface area contributed by atoms with E-state index in [2.05, 4.69) is 26.5 Å². The molecule has 0 bridgehead atoms. The molecular weight excluding hydrogens is 392 g/mol. The van der Waals surface area contributed by atoms with E-state index in [-0.39, 0.29) is 17.2 Å². The predicted molar refractivity (Wildman–Crippen MR) is 96.8 cm³/mol. The summed E-state index contributed by atoms with van der Waals surface area (Å²) in [6, 6.07) is 14.1. The summed E-state index contributed by atoms with van der Waals surface area (Å²) < 4.78 is 1.01. The van der Waals surface area contributed by atoms with Gasteiger partial charge < -0.3 is 9.90 Å². The third kappa shape index (κ3) is 5.50. The molecule has 0 saturated carbocycles. The number of hydrogen-bond acceptors (Lipinski definition) is 5. The predicted octanol–water partition coefficient (Wildman–Crippen LogP) is 2.20. The van der Waals surface area contributed by atoms with E-state index in [4.69, 9.17) is 0 Å². The number of carboxylic acids is 1. The Hall–Kier alpha value is -2.12. The Balaban J connectivity index is 1.81. The van der Waals surface area contributed by atoms with Gasteiger partial charge in [-0.3, -0.25) is 4.79 Å². The minimum absolute atomic E-state index is 0.0267. The zero-order valence-corrected chi connectivity index (χ0v) is 15.0. The minimum atomic E-state index is -1.28. The first-order chi connectivity index (χ1) is 11.6. The average molecular weight is 406 g/mol. The first kappa shape index (κ1) is 18.2. The van der Waals surface area contributed by atoms with Crippen LogP contribution in [-0.2, 0) is 10.5 Å². The van der Waals surface area contributed by atoms with Crippen molar-refractivity contribution in [2.75, 3.05) is 5.75 Å². The highest BCUT2D eigenvalue weighted by Crippen LogP contribution is 2.21. The van der Waals surface area contributed by atoms with Crippen LogP contribution in [0.25, 0.3) is 0 Å². The van der Waals surface area contributed by atoms with Gasteiger partial charge in [-0.15, -0.1) is 11.8 Å². The maximum atomic E-state index is 11.7. The second-order valence-corrected chi connectivity index (χ2v) is 6.59. The molecule has 7 heteroatoms. The van der Waals surface area contributed by atoms with Crippen LogP contribution >= 0.6 is 27.7 Å². The number of amides is 1. The molecule has 1 N–H and O–H groups in total. The van der Waals surface area contributed by atoms with E-state index in [0.29, 0.717) is 11.3 Å². The number of nitrogens with zero attached hydrogens (tertiary/aromatic N) is 1. The lowest BCUT2D eigenvalue weighted by molar-refractivity contribution is -0.255. The van der Waals surface area contributed by atoms with Crippen LogP contribution in [0.5, 0.6) is 0 Å². The average Bonchev–Trinajstić information content (AvgIpc) is 2.57. The second-order valence-electron chi connectivity index (χ2n) is 4.75. The van der Waals surface area contributed by atoms with E-state index in [1.54, 1.807) is 18.2 Å². The van der Waals surface area contributed by atoms with Gasteiger partial charge >= 0.3 is 0 Å². The van der Waals surface area contributed by atoms with Crippen molar-refractivity contribution in [3.05, 3.63) is 69.7 Å². The van der Waals surface area contributed by atoms with Crippen LogP contribution in [0.2, 0.25) is 0 Å². The quantitative estimate of drug-likeness (QED) is 0.565. The lowest BCUT2D eigenvalue weighted by Gasteiger charge is -2.06. The number of hydrazone groups is 1. The van der Waals surface area contributed by atoms with Crippen LogP contribution < -0.4 is 10.5 Å². The molecule has 24 heavy (non-hydrogen) atoms. The highest BCUT2D eigenvalue weighted by molar-refractivity contribution is 9.10. The molecule has 0 spiro atoms. The zero-order valence-electron chi connectivity index (χ0n) is 12.6. The molecule has 5 nitrogen and oxygen atoms in total. The third-order valence-electron chi connectivity index (χ3n) is 3.02. The van der Waals surface area contributed by atoms with Crippen molar-refractivity contribution in [2.45, 2.75) is 5.75 Å². The van der Waals surface area contributed by atoms with E-state index in [1.165, 1.54) is 24.0 Å². The van der Waals surface area contributed by atoms with Gasteiger partial charge in [-0.2, -0.15) is 5.10 Å². The highest BCUT2D eigenvalue weighted by atomic mass is 79.9. The van der Waals surface area contributed by atoms with E-state index in [1.807, 2.05) is 24.3 Å². The number of benzene rings is 2. The van der Waals surface area contributed by atoms with Gasteiger partial charge in [0.25, 0.3) is 0 Å². The van der Waals surface area contributed by atoms with Gasteiger partial charge in [0.15, 0.2) is 0 Å². The number of nitrogens with one attached hydrogen (secondary N) is 1. The summed E-state index contributed by atoms with van der Waals surface area (Å²) in [4.78, 5) is 22.7. The Morgan fingerprint density at radius 2 is 1.88 bits per heavy atom. The fourth-order valence-corrected chi connectivity index (χ4v) is 3.30. The van der Waals surface area contributed by atoms with Gasteiger partial charge in [0.05, 0.1) is 17.9 Å². The Kier molecular flexibility index (Phi) is 7.02. The number of carbonyl (C=O) groups excluding carboxylic acids is 2. The van der Waals surface area contributed by atoms with Crippen molar-refractivity contribution < 1.29 is 14.7 Å². The maximum absolute atomic E-state index is 11.7. The molecule has 0 aliphatic rings. The Labute approximate surface area is 152 Å². The van der Waals surface area contributed by atoms with E-state index in [9.17, 15) is 14.7 Å². The van der Waals surface area contributed by atoms with E-state index < -0.39 is 5.97 Å². The van der Waals surface area contributed by atoms with Crippen molar-refractivity contribution in [3.63, 3.8) is 0 Å². The molecule has 2 rings (SSSR count). The summed E-state index contributed by atoms with van der Waals surface area (Å²) in [6.07, 6.45) is 1.29. The number of carboxylic acid groups (broad SMARTS) is 1. The maximum Gasteiger partial charge on any atom is 0.250 e. The molecular formula is C17H14BrN2O3S-. The summed E-state index contributed by atoms with van der Waals surface area (Å²) in [5, 5.41) is 14.7. The molecule has 0 heterocycles. The van der Waals surface area contributed by atoms with Gasteiger partial charge in [-0.1, -0.05) is 58.4 Å². The Bertz CT molecular complexity index is 765. The number of thioether (sulfide) groups is 1. The van der Waals surface area contributed by atoms with Gasteiger partial charge in [0, 0.05) is 21.4 Å². The summed E-state index contributed by atoms with van der Waals surface area (Å²) in [5.74, 6) is -0.589.